The fraction of sp³-hybridized carbons (Fsp3) is 0.200. The van der Waals surface area contributed by atoms with Crippen LogP contribution in [-0.4, -0.2) is 40.1 Å². The Balaban J connectivity index is 1.51. The molecule has 0 spiro atoms. The molecule has 0 aromatic heterocycles. The zero-order valence-electron chi connectivity index (χ0n) is 15.1. The van der Waals surface area contributed by atoms with E-state index in [0.29, 0.717) is 17.0 Å². The largest absolute Gasteiger partial charge is 0.484 e. The van der Waals surface area contributed by atoms with Crippen molar-refractivity contribution in [1.29, 1.82) is 0 Å². The predicted molar refractivity (Wildman–Crippen MR) is 105 cm³/mol. The Hall–Kier alpha value is -3.13. The van der Waals surface area contributed by atoms with E-state index in [1.54, 1.807) is 48.5 Å². The first-order chi connectivity index (χ1) is 13.4. The Morgan fingerprint density at radius 3 is 2.54 bits per heavy atom. The molecule has 1 aliphatic rings. The molecule has 1 aliphatic heterocycles. The van der Waals surface area contributed by atoms with Crippen molar-refractivity contribution in [3.05, 3.63) is 59.7 Å². The summed E-state index contributed by atoms with van der Waals surface area (Å²) in [7, 11) is 0. The summed E-state index contributed by atoms with van der Waals surface area (Å²) < 4.78 is 5.42. The number of amides is 3. The third-order valence-corrected chi connectivity index (χ3v) is 4.89. The SMILES string of the molecule is CC(=O)c1cccc(OCC(=O)Nc2ccc(CN3C(=O)CSC3=O)cc2)c1. The molecule has 0 unspecified atom stereocenters. The van der Waals surface area contributed by atoms with Gasteiger partial charge in [0, 0.05) is 11.3 Å². The lowest BCUT2D eigenvalue weighted by Gasteiger charge is -2.13. The van der Waals surface area contributed by atoms with Gasteiger partial charge in [0.2, 0.25) is 5.91 Å². The van der Waals surface area contributed by atoms with Crippen LogP contribution in [0.25, 0.3) is 0 Å². The molecular formula is C20H18N2O5S. The van der Waals surface area contributed by atoms with E-state index < -0.39 is 0 Å². The summed E-state index contributed by atoms with van der Waals surface area (Å²) in [5.74, 6) is 0.00467. The number of thioether (sulfide) groups is 1. The van der Waals surface area contributed by atoms with Crippen LogP contribution in [0.2, 0.25) is 0 Å². The minimum Gasteiger partial charge on any atom is -0.484 e. The van der Waals surface area contributed by atoms with E-state index in [-0.39, 0.29) is 41.7 Å². The zero-order valence-corrected chi connectivity index (χ0v) is 16.0. The maximum Gasteiger partial charge on any atom is 0.289 e. The molecule has 3 amide bonds. The molecule has 28 heavy (non-hydrogen) atoms. The van der Waals surface area contributed by atoms with Crippen LogP contribution in [0.4, 0.5) is 10.5 Å². The van der Waals surface area contributed by atoms with Gasteiger partial charge in [-0.1, -0.05) is 36.0 Å². The number of nitrogens with zero attached hydrogens (tertiary/aromatic N) is 1. The smallest absolute Gasteiger partial charge is 0.289 e. The Kier molecular flexibility index (Phi) is 6.10. The summed E-state index contributed by atoms with van der Waals surface area (Å²) in [5.41, 5.74) is 1.88. The predicted octanol–water partition coefficient (Wildman–Crippen LogP) is 3.10. The molecule has 2 aromatic carbocycles. The number of rotatable bonds is 7. The number of imide groups is 1. The van der Waals surface area contributed by atoms with Crippen LogP contribution in [0.1, 0.15) is 22.8 Å². The lowest BCUT2D eigenvalue weighted by atomic mass is 10.1. The van der Waals surface area contributed by atoms with E-state index in [1.807, 2.05) is 0 Å². The second-order valence-corrected chi connectivity index (χ2v) is 7.08. The van der Waals surface area contributed by atoms with Gasteiger partial charge in [-0.05, 0) is 36.8 Å². The number of ketones is 1. The summed E-state index contributed by atoms with van der Waals surface area (Å²) in [6, 6.07) is 13.5. The highest BCUT2D eigenvalue weighted by atomic mass is 32.2. The molecule has 1 saturated heterocycles. The quantitative estimate of drug-likeness (QED) is 0.721. The third kappa shape index (κ3) is 4.98. The number of hydrogen-bond acceptors (Lipinski definition) is 6. The Morgan fingerprint density at radius 1 is 1.14 bits per heavy atom. The molecule has 1 fully saturated rings. The molecular weight excluding hydrogens is 380 g/mol. The third-order valence-electron chi connectivity index (χ3n) is 4.03. The van der Waals surface area contributed by atoms with Crippen molar-refractivity contribution in [1.82, 2.24) is 4.90 Å². The Bertz CT molecular complexity index is 910. The lowest BCUT2D eigenvalue weighted by Crippen LogP contribution is -2.27. The summed E-state index contributed by atoms with van der Waals surface area (Å²) in [4.78, 5) is 47.9. The number of nitrogens with one attached hydrogen (secondary N) is 1. The minimum absolute atomic E-state index is 0.0779. The molecule has 1 N–H and O–H groups in total. The van der Waals surface area contributed by atoms with Crippen LogP contribution in [0, 0.1) is 0 Å². The number of benzene rings is 2. The van der Waals surface area contributed by atoms with Gasteiger partial charge in [-0.15, -0.1) is 0 Å². The fourth-order valence-electron chi connectivity index (χ4n) is 2.56. The summed E-state index contributed by atoms with van der Waals surface area (Å²) in [5, 5.41) is 2.46. The van der Waals surface area contributed by atoms with Crippen LogP contribution in [0.3, 0.4) is 0 Å². The first-order valence-corrected chi connectivity index (χ1v) is 9.50. The minimum atomic E-state index is -0.345. The molecule has 0 aliphatic carbocycles. The van der Waals surface area contributed by atoms with Crippen molar-refractivity contribution in [3.8, 4) is 5.75 Å². The molecule has 0 atom stereocenters. The van der Waals surface area contributed by atoms with Crippen molar-refractivity contribution < 1.29 is 23.9 Å². The van der Waals surface area contributed by atoms with Gasteiger partial charge in [0.1, 0.15) is 5.75 Å². The van der Waals surface area contributed by atoms with Gasteiger partial charge in [0.05, 0.1) is 12.3 Å². The molecule has 0 bridgehead atoms. The highest BCUT2D eigenvalue weighted by molar-refractivity contribution is 8.14. The van der Waals surface area contributed by atoms with Gasteiger partial charge in [-0.3, -0.25) is 24.1 Å². The van der Waals surface area contributed by atoms with Crippen LogP contribution in [-0.2, 0) is 16.1 Å². The van der Waals surface area contributed by atoms with Crippen LogP contribution >= 0.6 is 11.8 Å². The number of Topliss-reactive ketones (excluding diaryl/α,β-unsaturated/α-hetero) is 1. The first-order valence-electron chi connectivity index (χ1n) is 8.52. The maximum absolute atomic E-state index is 12.1. The van der Waals surface area contributed by atoms with Gasteiger partial charge in [-0.2, -0.15) is 0 Å². The van der Waals surface area contributed by atoms with E-state index in [4.69, 9.17) is 4.74 Å². The number of ether oxygens (including phenoxy) is 1. The lowest BCUT2D eigenvalue weighted by molar-refractivity contribution is -0.125. The average molecular weight is 398 g/mol. The molecule has 8 heteroatoms. The summed E-state index contributed by atoms with van der Waals surface area (Å²) >= 11 is 0.998. The molecule has 0 radical (unpaired) electrons. The van der Waals surface area contributed by atoms with Crippen molar-refractivity contribution >= 4 is 40.3 Å². The molecule has 7 nitrogen and oxygen atoms in total. The topological polar surface area (TPSA) is 92.8 Å². The second-order valence-electron chi connectivity index (χ2n) is 6.15. The Labute approximate surface area is 166 Å². The number of hydrogen-bond donors (Lipinski definition) is 1. The monoisotopic (exact) mass is 398 g/mol. The van der Waals surface area contributed by atoms with E-state index >= 15 is 0 Å². The number of carbonyl (C=O) groups is 4. The van der Waals surface area contributed by atoms with E-state index in [2.05, 4.69) is 5.32 Å². The van der Waals surface area contributed by atoms with Crippen LogP contribution < -0.4 is 10.1 Å². The zero-order chi connectivity index (χ0) is 20.1. The van der Waals surface area contributed by atoms with Crippen LogP contribution in [0.5, 0.6) is 5.75 Å². The molecule has 3 rings (SSSR count). The van der Waals surface area contributed by atoms with Gasteiger partial charge in [-0.25, -0.2) is 0 Å². The van der Waals surface area contributed by atoms with Gasteiger partial charge >= 0.3 is 0 Å². The van der Waals surface area contributed by atoms with Crippen molar-refractivity contribution in [2.45, 2.75) is 13.5 Å². The maximum atomic E-state index is 12.1. The van der Waals surface area contributed by atoms with Gasteiger partial charge in [0.25, 0.3) is 11.1 Å². The molecule has 1 heterocycles. The fourth-order valence-corrected chi connectivity index (χ4v) is 3.29. The highest BCUT2D eigenvalue weighted by Gasteiger charge is 2.29. The van der Waals surface area contributed by atoms with Crippen molar-refractivity contribution in [2.24, 2.45) is 0 Å². The summed E-state index contributed by atoms with van der Waals surface area (Å²) in [6.45, 7) is 1.48. The van der Waals surface area contributed by atoms with Crippen LogP contribution in [0.15, 0.2) is 48.5 Å². The number of anilines is 1. The first kappa shape index (κ1) is 19.6. The van der Waals surface area contributed by atoms with Crippen molar-refractivity contribution in [3.63, 3.8) is 0 Å². The van der Waals surface area contributed by atoms with E-state index in [9.17, 15) is 19.2 Å². The average Bonchev–Trinajstić information content (AvgIpc) is 3.00. The normalized spacial score (nSPS) is 13.5. The van der Waals surface area contributed by atoms with Crippen molar-refractivity contribution in [2.75, 3.05) is 17.7 Å². The van der Waals surface area contributed by atoms with E-state index in [0.717, 1.165) is 17.3 Å². The molecule has 144 valence electrons. The second kappa shape index (κ2) is 8.71. The summed E-state index contributed by atoms with van der Waals surface area (Å²) in [6.07, 6.45) is 0. The highest BCUT2D eigenvalue weighted by Crippen LogP contribution is 2.22. The molecule has 2 aromatic rings. The molecule has 0 saturated carbocycles. The Morgan fingerprint density at radius 2 is 1.89 bits per heavy atom. The number of carbonyl (C=O) groups excluding carboxylic acids is 4. The van der Waals surface area contributed by atoms with Gasteiger partial charge in [0.15, 0.2) is 12.4 Å². The standard InChI is InChI=1S/C20H18N2O5S/c1-13(23)15-3-2-4-17(9-15)27-11-18(24)21-16-7-5-14(6-8-16)10-22-19(25)12-28-20(22)26/h2-9H,10-12H2,1H3,(H,21,24). The van der Waals surface area contributed by atoms with Gasteiger partial charge < -0.3 is 10.1 Å². The van der Waals surface area contributed by atoms with E-state index in [1.165, 1.54) is 11.8 Å².